The van der Waals surface area contributed by atoms with Gasteiger partial charge in [0, 0.05) is 4.47 Å². The van der Waals surface area contributed by atoms with Gasteiger partial charge < -0.3 is 4.74 Å². The summed E-state index contributed by atoms with van der Waals surface area (Å²) < 4.78 is 28.9. The summed E-state index contributed by atoms with van der Waals surface area (Å²) in [6.45, 7) is 1.55. The van der Waals surface area contributed by atoms with Crippen molar-refractivity contribution < 1.29 is 17.9 Å². The molecule has 1 fully saturated rings. The highest BCUT2D eigenvalue weighted by atomic mass is 79.9. The minimum absolute atomic E-state index is 0.0646. The molecule has 7 heteroatoms. The van der Waals surface area contributed by atoms with Crippen molar-refractivity contribution in [2.75, 3.05) is 0 Å². The summed E-state index contributed by atoms with van der Waals surface area (Å²) in [6.07, 6.45) is 3.76. The van der Waals surface area contributed by atoms with Crippen LogP contribution in [0.25, 0.3) is 0 Å². The second-order valence-corrected chi connectivity index (χ2v) is 7.38. The summed E-state index contributed by atoms with van der Waals surface area (Å²) in [4.78, 5) is 12.1. The van der Waals surface area contributed by atoms with Crippen LogP contribution in [0.1, 0.15) is 41.6 Å². The molecule has 5 nitrogen and oxygen atoms in total. The van der Waals surface area contributed by atoms with Gasteiger partial charge in [-0.25, -0.2) is 18.4 Å². The predicted octanol–water partition coefficient (Wildman–Crippen LogP) is 2.50. The van der Waals surface area contributed by atoms with Gasteiger partial charge in [-0.1, -0.05) is 15.9 Å². The van der Waals surface area contributed by atoms with Crippen molar-refractivity contribution in [2.24, 2.45) is 5.14 Å². The van der Waals surface area contributed by atoms with Gasteiger partial charge in [0.15, 0.2) is 0 Å². The molecule has 1 saturated carbocycles. The maximum absolute atomic E-state index is 12.2. The average Bonchev–Trinajstić information content (AvgIpc) is 2.83. The summed E-state index contributed by atoms with van der Waals surface area (Å²) in [6, 6.07) is 2.94. The molecule has 0 unspecified atom stereocenters. The summed E-state index contributed by atoms with van der Waals surface area (Å²) in [7, 11) is -3.88. The highest BCUT2D eigenvalue weighted by Gasteiger charge is 2.24. The third-order valence-corrected chi connectivity index (χ3v) is 4.92. The standard InChI is InChI=1S/C13H16BrNO4S/c1-8-11(13(16)19-10-4-2-3-5-10)6-9(14)7-12(8)20(15,17)18/h6-7,10H,2-5H2,1H3,(H2,15,17,18). The fraction of sp³-hybridized carbons (Fsp3) is 0.462. The molecule has 0 atom stereocenters. The van der Waals surface area contributed by atoms with Crippen LogP contribution in [-0.2, 0) is 14.8 Å². The zero-order chi connectivity index (χ0) is 14.9. The molecule has 0 saturated heterocycles. The van der Waals surface area contributed by atoms with Gasteiger partial charge in [-0.15, -0.1) is 0 Å². The van der Waals surface area contributed by atoms with E-state index in [2.05, 4.69) is 15.9 Å². The predicted molar refractivity (Wildman–Crippen MR) is 77.9 cm³/mol. The quantitative estimate of drug-likeness (QED) is 0.837. The van der Waals surface area contributed by atoms with Crippen LogP contribution < -0.4 is 5.14 Å². The number of primary sulfonamides is 1. The van der Waals surface area contributed by atoms with Gasteiger partial charge in [0.25, 0.3) is 0 Å². The molecule has 0 spiro atoms. The van der Waals surface area contributed by atoms with Crippen LogP contribution in [0, 0.1) is 6.92 Å². The Labute approximate surface area is 126 Å². The van der Waals surface area contributed by atoms with E-state index < -0.39 is 16.0 Å². The Morgan fingerprint density at radius 2 is 1.95 bits per heavy atom. The van der Waals surface area contributed by atoms with Crippen molar-refractivity contribution in [3.63, 3.8) is 0 Å². The van der Waals surface area contributed by atoms with Crippen molar-refractivity contribution >= 4 is 31.9 Å². The monoisotopic (exact) mass is 361 g/mol. The molecule has 1 aliphatic carbocycles. The highest BCUT2D eigenvalue weighted by molar-refractivity contribution is 9.10. The van der Waals surface area contributed by atoms with Crippen molar-refractivity contribution in [1.29, 1.82) is 0 Å². The van der Waals surface area contributed by atoms with Crippen LogP contribution in [0.15, 0.2) is 21.5 Å². The number of benzene rings is 1. The Morgan fingerprint density at radius 1 is 1.35 bits per heavy atom. The molecule has 0 aromatic heterocycles. The van der Waals surface area contributed by atoms with E-state index in [1.165, 1.54) is 6.07 Å². The second-order valence-electron chi connectivity index (χ2n) is 4.93. The van der Waals surface area contributed by atoms with Gasteiger partial charge in [0.1, 0.15) is 6.10 Å². The van der Waals surface area contributed by atoms with Gasteiger partial charge in [-0.2, -0.15) is 0 Å². The van der Waals surface area contributed by atoms with Crippen LogP contribution in [0.2, 0.25) is 0 Å². The molecule has 1 aromatic rings. The van der Waals surface area contributed by atoms with Crippen LogP contribution in [0.4, 0.5) is 0 Å². The van der Waals surface area contributed by atoms with E-state index in [0.717, 1.165) is 25.7 Å². The number of nitrogens with two attached hydrogens (primary N) is 1. The van der Waals surface area contributed by atoms with Gasteiger partial charge in [-0.05, 0) is 50.3 Å². The van der Waals surface area contributed by atoms with Gasteiger partial charge in [0.2, 0.25) is 10.0 Å². The molecular formula is C13H16BrNO4S. The normalized spacial score (nSPS) is 16.4. The first-order valence-electron chi connectivity index (χ1n) is 6.33. The Hall–Kier alpha value is -0.920. The van der Waals surface area contributed by atoms with Crippen molar-refractivity contribution in [3.8, 4) is 0 Å². The number of hydrogen-bond acceptors (Lipinski definition) is 4. The second kappa shape index (κ2) is 5.83. The average molecular weight is 362 g/mol. The summed E-state index contributed by atoms with van der Waals surface area (Å²) in [5, 5.41) is 5.16. The zero-order valence-electron chi connectivity index (χ0n) is 11.1. The molecule has 2 N–H and O–H groups in total. The topological polar surface area (TPSA) is 86.5 Å². The Kier molecular flexibility index (Phi) is 4.51. The van der Waals surface area contributed by atoms with Crippen LogP contribution >= 0.6 is 15.9 Å². The first-order chi connectivity index (χ1) is 9.29. The van der Waals surface area contributed by atoms with E-state index in [-0.39, 0.29) is 16.6 Å². The summed E-state index contributed by atoms with van der Waals surface area (Å²) >= 11 is 3.19. The van der Waals surface area contributed by atoms with E-state index in [1.54, 1.807) is 13.0 Å². The third-order valence-electron chi connectivity index (χ3n) is 3.43. The fourth-order valence-corrected chi connectivity index (χ4v) is 3.82. The van der Waals surface area contributed by atoms with Crippen LogP contribution in [-0.4, -0.2) is 20.5 Å². The Balaban J connectivity index is 2.36. The number of rotatable bonds is 3. The van der Waals surface area contributed by atoms with Crippen LogP contribution in [0.5, 0.6) is 0 Å². The largest absolute Gasteiger partial charge is 0.459 e. The van der Waals surface area contributed by atoms with Gasteiger partial charge >= 0.3 is 5.97 Å². The lowest BCUT2D eigenvalue weighted by molar-refractivity contribution is 0.0316. The zero-order valence-corrected chi connectivity index (χ0v) is 13.5. The third kappa shape index (κ3) is 3.39. The lowest BCUT2D eigenvalue weighted by atomic mass is 10.1. The Morgan fingerprint density at radius 3 is 2.50 bits per heavy atom. The molecular weight excluding hydrogens is 346 g/mol. The van der Waals surface area contributed by atoms with E-state index in [0.29, 0.717) is 10.0 Å². The number of sulfonamides is 1. The number of carbonyl (C=O) groups is 1. The molecule has 1 aliphatic rings. The molecule has 0 amide bonds. The van der Waals surface area contributed by atoms with Gasteiger partial charge in [0.05, 0.1) is 10.5 Å². The molecule has 1 aromatic carbocycles. The number of ether oxygens (including phenoxy) is 1. The number of carbonyl (C=O) groups excluding carboxylic acids is 1. The number of esters is 1. The number of halogens is 1. The van der Waals surface area contributed by atoms with Gasteiger partial charge in [-0.3, -0.25) is 0 Å². The van der Waals surface area contributed by atoms with E-state index in [4.69, 9.17) is 9.88 Å². The Bertz CT molecular complexity index is 636. The summed E-state index contributed by atoms with van der Waals surface area (Å²) in [5.41, 5.74) is 0.550. The first kappa shape index (κ1) is 15.5. The van der Waals surface area contributed by atoms with E-state index in [9.17, 15) is 13.2 Å². The SMILES string of the molecule is Cc1c(C(=O)OC2CCCC2)cc(Br)cc1S(N)(=O)=O. The molecule has 0 aliphatic heterocycles. The highest BCUT2D eigenvalue weighted by Crippen LogP contribution is 2.27. The van der Waals surface area contributed by atoms with Crippen molar-refractivity contribution in [1.82, 2.24) is 0 Å². The molecule has 0 heterocycles. The van der Waals surface area contributed by atoms with Crippen molar-refractivity contribution in [3.05, 3.63) is 27.7 Å². The fourth-order valence-electron chi connectivity index (χ4n) is 2.38. The molecule has 0 radical (unpaired) electrons. The maximum atomic E-state index is 12.2. The smallest absolute Gasteiger partial charge is 0.338 e. The lowest BCUT2D eigenvalue weighted by Gasteiger charge is -2.14. The van der Waals surface area contributed by atoms with Crippen molar-refractivity contribution in [2.45, 2.75) is 43.6 Å². The molecule has 2 rings (SSSR count). The maximum Gasteiger partial charge on any atom is 0.338 e. The number of hydrogen-bond donors (Lipinski definition) is 1. The molecule has 20 heavy (non-hydrogen) atoms. The van der Waals surface area contributed by atoms with E-state index >= 15 is 0 Å². The summed E-state index contributed by atoms with van der Waals surface area (Å²) in [5.74, 6) is -0.499. The minimum atomic E-state index is -3.88. The first-order valence-corrected chi connectivity index (χ1v) is 8.67. The van der Waals surface area contributed by atoms with E-state index in [1.807, 2.05) is 0 Å². The van der Waals surface area contributed by atoms with Crippen LogP contribution in [0.3, 0.4) is 0 Å². The lowest BCUT2D eigenvalue weighted by Crippen LogP contribution is -2.19. The minimum Gasteiger partial charge on any atom is -0.459 e. The molecule has 110 valence electrons. The molecule has 0 bridgehead atoms.